The van der Waals surface area contributed by atoms with Gasteiger partial charge in [0.05, 0.1) is 16.1 Å². The molecule has 11 nitrogen and oxygen atoms in total. The molecule has 1 aromatic heterocycles. The number of aromatic amines is 1. The number of anilines is 3. The molecular formula is C26H28F2N6O5S. The first kappa shape index (κ1) is 27.7. The molecule has 14 heteroatoms. The highest BCUT2D eigenvalue weighted by atomic mass is 32.2. The lowest BCUT2D eigenvalue weighted by atomic mass is 10.1. The van der Waals surface area contributed by atoms with E-state index < -0.39 is 38.6 Å². The first-order chi connectivity index (χ1) is 19.0. The van der Waals surface area contributed by atoms with Crippen LogP contribution in [0.5, 0.6) is 0 Å². The fourth-order valence-electron chi connectivity index (χ4n) is 4.69. The van der Waals surface area contributed by atoms with Crippen molar-refractivity contribution in [3.63, 3.8) is 0 Å². The van der Waals surface area contributed by atoms with Crippen molar-refractivity contribution in [1.29, 1.82) is 0 Å². The number of aromatic nitrogens is 2. The number of halogens is 2. The van der Waals surface area contributed by atoms with E-state index in [1.807, 2.05) is 19.0 Å². The summed E-state index contributed by atoms with van der Waals surface area (Å²) in [4.78, 5) is 27.5. The lowest BCUT2D eigenvalue weighted by Crippen LogP contribution is -2.36. The molecule has 2 aromatic carbocycles. The van der Waals surface area contributed by atoms with E-state index in [0.29, 0.717) is 30.4 Å². The van der Waals surface area contributed by atoms with Gasteiger partial charge in [-0.15, -0.1) is 0 Å². The fourth-order valence-corrected chi connectivity index (χ4v) is 6.14. The Kier molecular flexibility index (Phi) is 7.57. The van der Waals surface area contributed by atoms with E-state index in [4.69, 9.17) is 4.74 Å². The van der Waals surface area contributed by atoms with Crippen LogP contribution in [-0.2, 0) is 32.5 Å². The van der Waals surface area contributed by atoms with E-state index in [1.54, 1.807) is 18.2 Å². The fraction of sp³-hybridized carbons (Fsp3) is 0.346. The van der Waals surface area contributed by atoms with Crippen LogP contribution in [0.4, 0.5) is 26.0 Å². The van der Waals surface area contributed by atoms with Gasteiger partial charge in [-0.05, 0) is 43.2 Å². The highest BCUT2D eigenvalue weighted by Gasteiger charge is 2.32. The monoisotopic (exact) mass is 574 g/mol. The maximum absolute atomic E-state index is 13.7. The second-order valence-electron chi connectivity index (χ2n) is 9.79. The minimum absolute atomic E-state index is 0.0501. The summed E-state index contributed by atoms with van der Waals surface area (Å²) in [6.45, 7) is 0.368. The molecule has 0 radical (unpaired) electrons. The lowest BCUT2D eigenvalue weighted by Gasteiger charge is -2.26. The van der Waals surface area contributed by atoms with E-state index in [1.165, 1.54) is 0 Å². The molecule has 3 heterocycles. The predicted octanol–water partition coefficient (Wildman–Crippen LogP) is 2.87. The number of benzene rings is 2. The summed E-state index contributed by atoms with van der Waals surface area (Å²) in [6.07, 6.45) is 1.00. The van der Waals surface area contributed by atoms with Crippen molar-refractivity contribution in [3.8, 4) is 0 Å². The zero-order valence-electron chi connectivity index (χ0n) is 21.8. The Morgan fingerprint density at radius 3 is 2.55 bits per heavy atom. The molecule has 0 unspecified atom stereocenters. The van der Waals surface area contributed by atoms with E-state index in [-0.39, 0.29) is 42.5 Å². The summed E-state index contributed by atoms with van der Waals surface area (Å²) in [5, 5.41) is 12.5. The number of H-pyrrole nitrogens is 1. The molecule has 0 bridgehead atoms. The smallest absolute Gasteiger partial charge is 0.258 e. The van der Waals surface area contributed by atoms with Crippen LogP contribution >= 0.6 is 0 Å². The van der Waals surface area contributed by atoms with Crippen molar-refractivity contribution in [3.05, 3.63) is 64.9 Å². The van der Waals surface area contributed by atoms with Gasteiger partial charge >= 0.3 is 0 Å². The molecule has 3 N–H and O–H groups in total. The molecule has 0 spiro atoms. The van der Waals surface area contributed by atoms with E-state index in [9.17, 15) is 26.8 Å². The SMILES string of the molecule is CN(C)c1ccc(C(=O)Nc2n[nH]c3c2CN(S(=O)(=O)c2cc(F)cc(F)c2)CC3)c(NC(=O)[C@H]2CCCO2)c1. The number of carbonyl (C=O) groups excluding carboxylic acids is 2. The number of nitrogens with zero attached hydrogens (tertiary/aromatic N) is 3. The lowest BCUT2D eigenvalue weighted by molar-refractivity contribution is -0.124. The van der Waals surface area contributed by atoms with Crippen LogP contribution in [0.1, 0.15) is 34.5 Å². The van der Waals surface area contributed by atoms with Gasteiger partial charge in [-0.2, -0.15) is 9.40 Å². The highest BCUT2D eigenvalue weighted by molar-refractivity contribution is 7.89. The number of ether oxygens (including phenoxy) is 1. The van der Waals surface area contributed by atoms with E-state index in [0.717, 1.165) is 28.5 Å². The van der Waals surface area contributed by atoms with Crippen LogP contribution in [0, 0.1) is 11.6 Å². The molecule has 5 rings (SSSR count). The van der Waals surface area contributed by atoms with Gasteiger partial charge in [0.1, 0.15) is 17.7 Å². The van der Waals surface area contributed by atoms with E-state index >= 15 is 0 Å². The van der Waals surface area contributed by atoms with Gasteiger partial charge in [0, 0.05) is 63.2 Å². The molecule has 2 aliphatic rings. The van der Waals surface area contributed by atoms with Crippen LogP contribution in [0.15, 0.2) is 41.3 Å². The average Bonchev–Trinajstić information content (AvgIpc) is 3.58. The number of hydrogen-bond acceptors (Lipinski definition) is 7. The summed E-state index contributed by atoms with van der Waals surface area (Å²) < 4.78 is 60.3. The topological polar surface area (TPSA) is 137 Å². The molecule has 0 saturated carbocycles. The van der Waals surface area contributed by atoms with Crippen molar-refractivity contribution < 1.29 is 31.5 Å². The first-order valence-electron chi connectivity index (χ1n) is 12.6. The second kappa shape index (κ2) is 10.9. The van der Waals surface area contributed by atoms with Crippen molar-refractivity contribution in [2.24, 2.45) is 0 Å². The normalized spacial score (nSPS) is 17.4. The summed E-state index contributed by atoms with van der Waals surface area (Å²) in [6, 6.07) is 7.09. The number of amides is 2. The van der Waals surface area contributed by atoms with Gasteiger partial charge in [-0.25, -0.2) is 17.2 Å². The third-order valence-electron chi connectivity index (χ3n) is 6.85. The summed E-state index contributed by atoms with van der Waals surface area (Å²) >= 11 is 0. The molecule has 0 aliphatic carbocycles. The third kappa shape index (κ3) is 5.55. The average molecular weight is 575 g/mol. The Bertz CT molecular complexity index is 1550. The molecular weight excluding hydrogens is 546 g/mol. The Morgan fingerprint density at radius 1 is 1.12 bits per heavy atom. The molecule has 2 aliphatic heterocycles. The van der Waals surface area contributed by atoms with Crippen LogP contribution in [0.3, 0.4) is 0 Å². The van der Waals surface area contributed by atoms with Crippen LogP contribution < -0.4 is 15.5 Å². The van der Waals surface area contributed by atoms with Crippen LogP contribution in [0.25, 0.3) is 0 Å². The van der Waals surface area contributed by atoms with Crippen molar-refractivity contribution in [2.75, 3.05) is 42.8 Å². The Hall–Kier alpha value is -3.88. The molecule has 212 valence electrons. The van der Waals surface area contributed by atoms with Gasteiger partial charge in [0.2, 0.25) is 10.0 Å². The summed E-state index contributed by atoms with van der Waals surface area (Å²) in [5.74, 6) is -2.83. The molecule has 40 heavy (non-hydrogen) atoms. The number of rotatable bonds is 7. The Morgan fingerprint density at radius 2 is 1.88 bits per heavy atom. The van der Waals surface area contributed by atoms with Crippen molar-refractivity contribution in [2.45, 2.75) is 36.8 Å². The van der Waals surface area contributed by atoms with Crippen LogP contribution in [-0.4, -0.2) is 68.1 Å². The minimum atomic E-state index is -4.23. The Labute approximate surface area is 229 Å². The number of sulfonamides is 1. The number of hydrogen-bond donors (Lipinski definition) is 3. The predicted molar refractivity (Wildman–Crippen MR) is 143 cm³/mol. The van der Waals surface area contributed by atoms with Gasteiger partial charge in [0.25, 0.3) is 11.8 Å². The standard InChI is InChI=1S/C26H28F2N6O5S/c1-33(2)17-5-6-19(22(13-17)29-26(36)23-4-3-9-39-23)25(35)30-24-20-14-34(8-7-21(20)31-32-24)40(37,38)18-11-15(27)10-16(28)12-18/h5-6,10-13,23H,3-4,7-9,14H2,1-2H3,(H,29,36)(H2,30,31,32,35)/t23-/m1/s1. The maximum Gasteiger partial charge on any atom is 0.258 e. The summed E-state index contributed by atoms with van der Waals surface area (Å²) in [5.41, 5.74) is 2.26. The highest BCUT2D eigenvalue weighted by Crippen LogP contribution is 2.30. The minimum Gasteiger partial charge on any atom is -0.378 e. The quantitative estimate of drug-likeness (QED) is 0.395. The van der Waals surface area contributed by atoms with Gasteiger partial charge in [-0.1, -0.05) is 0 Å². The Balaban J connectivity index is 1.39. The third-order valence-corrected chi connectivity index (χ3v) is 8.67. The van der Waals surface area contributed by atoms with Gasteiger partial charge in [0.15, 0.2) is 5.82 Å². The van der Waals surface area contributed by atoms with Crippen molar-refractivity contribution >= 4 is 39.0 Å². The van der Waals surface area contributed by atoms with E-state index in [2.05, 4.69) is 20.8 Å². The zero-order valence-corrected chi connectivity index (χ0v) is 22.6. The second-order valence-corrected chi connectivity index (χ2v) is 11.7. The number of fused-ring (bicyclic) bond motifs is 1. The molecule has 1 fully saturated rings. The zero-order chi connectivity index (χ0) is 28.6. The largest absolute Gasteiger partial charge is 0.378 e. The molecule has 1 atom stereocenters. The van der Waals surface area contributed by atoms with Gasteiger partial charge in [-0.3, -0.25) is 14.7 Å². The molecule has 2 amide bonds. The first-order valence-corrected chi connectivity index (χ1v) is 14.0. The molecule has 1 saturated heterocycles. The van der Waals surface area contributed by atoms with Crippen molar-refractivity contribution in [1.82, 2.24) is 14.5 Å². The maximum atomic E-state index is 13.7. The number of nitrogens with one attached hydrogen (secondary N) is 3. The van der Waals surface area contributed by atoms with Gasteiger partial charge < -0.3 is 20.3 Å². The molecule has 3 aromatic rings. The summed E-state index contributed by atoms with van der Waals surface area (Å²) in [7, 11) is -0.575. The number of carbonyl (C=O) groups is 2. The van der Waals surface area contributed by atoms with Crippen LogP contribution in [0.2, 0.25) is 0 Å².